The summed E-state index contributed by atoms with van der Waals surface area (Å²) in [6, 6.07) is 0. The highest BCUT2D eigenvalue weighted by Crippen LogP contribution is 2.68. The molecule has 3 unspecified atom stereocenters. The first-order valence-electron chi connectivity index (χ1n) is 13.0. The first-order valence-corrected chi connectivity index (χ1v) is 13.0. The highest BCUT2D eigenvalue weighted by molar-refractivity contribution is 5.20. The summed E-state index contributed by atoms with van der Waals surface area (Å²) in [7, 11) is 0. The molecule has 0 spiro atoms. The van der Waals surface area contributed by atoms with Crippen molar-refractivity contribution in [3.8, 4) is 0 Å². The van der Waals surface area contributed by atoms with Crippen LogP contribution in [0.3, 0.4) is 0 Å². The van der Waals surface area contributed by atoms with Gasteiger partial charge in [-0.15, -0.1) is 0 Å². The van der Waals surface area contributed by atoms with E-state index in [0.717, 1.165) is 47.3 Å². The van der Waals surface area contributed by atoms with E-state index in [1.807, 2.05) is 0 Å². The van der Waals surface area contributed by atoms with E-state index in [4.69, 9.17) is 0 Å². The molecule has 4 aliphatic carbocycles. The zero-order valence-corrected chi connectivity index (χ0v) is 20.2. The maximum Gasteiger partial charge on any atom is 0.0462 e. The molecule has 3 saturated carbocycles. The van der Waals surface area contributed by atoms with Crippen molar-refractivity contribution in [2.75, 3.05) is 6.61 Å². The van der Waals surface area contributed by atoms with Gasteiger partial charge in [0, 0.05) is 6.61 Å². The Balaban J connectivity index is 1.47. The molecule has 0 aliphatic heterocycles. The lowest BCUT2D eigenvalue weighted by atomic mass is 9.46. The number of hydrogen-bond donors (Lipinski definition) is 1. The van der Waals surface area contributed by atoms with Crippen LogP contribution in [0.1, 0.15) is 92.9 Å². The fourth-order valence-electron chi connectivity index (χ4n) is 8.91. The normalized spacial score (nSPS) is 48.3. The van der Waals surface area contributed by atoms with E-state index in [1.54, 1.807) is 0 Å². The van der Waals surface area contributed by atoms with Crippen molar-refractivity contribution >= 4 is 0 Å². The summed E-state index contributed by atoms with van der Waals surface area (Å²) in [5.74, 6) is 7.24. The van der Waals surface area contributed by atoms with E-state index < -0.39 is 0 Å². The van der Waals surface area contributed by atoms with Crippen molar-refractivity contribution in [3.63, 3.8) is 0 Å². The molecule has 0 saturated heterocycles. The molecule has 0 bridgehead atoms. The third-order valence-electron chi connectivity index (χ3n) is 11.2. The maximum absolute atomic E-state index is 9.91. The molecule has 29 heavy (non-hydrogen) atoms. The maximum atomic E-state index is 9.91. The second-order valence-corrected chi connectivity index (χ2v) is 12.7. The Morgan fingerprint density at radius 3 is 2.28 bits per heavy atom. The third-order valence-corrected chi connectivity index (χ3v) is 11.2. The van der Waals surface area contributed by atoms with Gasteiger partial charge in [-0.2, -0.15) is 0 Å². The lowest BCUT2D eigenvalue weighted by molar-refractivity contribution is -0.0901. The van der Waals surface area contributed by atoms with E-state index in [9.17, 15) is 5.11 Å². The molecule has 1 nitrogen and oxygen atoms in total. The topological polar surface area (TPSA) is 20.2 Å². The fraction of sp³-hybridized carbons (Fsp3) is 0.929. The van der Waals surface area contributed by atoms with Crippen molar-refractivity contribution in [2.45, 2.75) is 92.9 Å². The van der Waals surface area contributed by atoms with Gasteiger partial charge in [-0.25, -0.2) is 0 Å². The number of rotatable bonds is 6. The number of fused-ring (bicyclic) bond motifs is 5. The van der Waals surface area contributed by atoms with Gasteiger partial charge in [0.15, 0.2) is 0 Å². The van der Waals surface area contributed by atoms with Gasteiger partial charge < -0.3 is 5.11 Å². The van der Waals surface area contributed by atoms with E-state index in [2.05, 4.69) is 53.7 Å². The standard InChI is InChI=1S/C28H48O/c1-18(2)19(3)7-8-20(4)23-11-12-25-22-9-10-24-21(17-29)13-15-28(24,6)26(22)14-16-27(23,25)5/h11-12,18-26,29H,7-10,13-17H2,1-6H3/t19-,20+,21+,22?,23+,24-,25?,26?,27+,28-/m0/s1. The van der Waals surface area contributed by atoms with Gasteiger partial charge in [-0.05, 0) is 109 Å². The third kappa shape index (κ3) is 3.46. The minimum Gasteiger partial charge on any atom is -0.396 e. The molecule has 4 aliphatic rings. The Bertz CT molecular complexity index is 607. The highest BCUT2D eigenvalue weighted by atomic mass is 16.3. The van der Waals surface area contributed by atoms with Crippen LogP contribution in [0.15, 0.2) is 12.2 Å². The van der Waals surface area contributed by atoms with Crippen LogP contribution in [0.2, 0.25) is 0 Å². The quantitative estimate of drug-likeness (QED) is 0.462. The summed E-state index contributed by atoms with van der Waals surface area (Å²) in [5.41, 5.74) is 1.00. The van der Waals surface area contributed by atoms with Crippen LogP contribution in [-0.4, -0.2) is 11.7 Å². The van der Waals surface area contributed by atoms with E-state index in [-0.39, 0.29) is 0 Å². The average molecular weight is 401 g/mol. The summed E-state index contributed by atoms with van der Waals surface area (Å²) < 4.78 is 0. The summed E-state index contributed by atoms with van der Waals surface area (Å²) >= 11 is 0. The fourth-order valence-corrected chi connectivity index (χ4v) is 8.91. The molecule has 0 radical (unpaired) electrons. The Morgan fingerprint density at radius 2 is 1.59 bits per heavy atom. The van der Waals surface area contributed by atoms with Gasteiger partial charge in [0.05, 0.1) is 0 Å². The second kappa shape index (κ2) is 7.99. The van der Waals surface area contributed by atoms with Gasteiger partial charge in [-0.1, -0.05) is 60.1 Å². The molecule has 1 N–H and O–H groups in total. The van der Waals surface area contributed by atoms with E-state index in [0.29, 0.717) is 23.4 Å². The van der Waals surface area contributed by atoms with Crippen LogP contribution in [0, 0.1) is 64.1 Å². The van der Waals surface area contributed by atoms with Gasteiger partial charge >= 0.3 is 0 Å². The minimum absolute atomic E-state index is 0.424. The molecular weight excluding hydrogens is 352 g/mol. The first kappa shape index (κ1) is 21.9. The predicted molar refractivity (Wildman–Crippen MR) is 123 cm³/mol. The van der Waals surface area contributed by atoms with Crippen LogP contribution in [0.5, 0.6) is 0 Å². The van der Waals surface area contributed by atoms with Gasteiger partial charge in [0.1, 0.15) is 0 Å². The van der Waals surface area contributed by atoms with Crippen LogP contribution in [0.25, 0.3) is 0 Å². The summed E-state index contributed by atoms with van der Waals surface area (Å²) in [4.78, 5) is 0. The van der Waals surface area contributed by atoms with Crippen molar-refractivity contribution in [3.05, 3.63) is 12.2 Å². The Hall–Kier alpha value is -0.300. The summed E-state index contributed by atoms with van der Waals surface area (Å²) in [6.07, 6.45) is 16.4. The van der Waals surface area contributed by atoms with E-state index >= 15 is 0 Å². The molecule has 166 valence electrons. The van der Waals surface area contributed by atoms with Gasteiger partial charge in [-0.3, -0.25) is 0 Å². The van der Waals surface area contributed by atoms with Crippen molar-refractivity contribution in [1.29, 1.82) is 0 Å². The first-order chi connectivity index (χ1) is 13.7. The molecule has 1 heteroatoms. The monoisotopic (exact) mass is 400 g/mol. The lowest BCUT2D eigenvalue weighted by Gasteiger charge is -2.58. The highest BCUT2D eigenvalue weighted by Gasteiger charge is 2.60. The molecule has 10 atom stereocenters. The van der Waals surface area contributed by atoms with Crippen molar-refractivity contribution < 1.29 is 5.11 Å². The number of hydrogen-bond acceptors (Lipinski definition) is 1. The van der Waals surface area contributed by atoms with E-state index in [1.165, 1.54) is 51.4 Å². The number of aliphatic hydroxyl groups is 1. The molecule has 0 heterocycles. The molecule has 0 aromatic carbocycles. The zero-order chi connectivity index (χ0) is 21.0. The SMILES string of the molecule is CC(C)[C@@H](C)CC[C@@H](C)[C@H]1C=CC2C3CC[C@H]4[C@@H](CO)CC[C@]4(C)C3CC[C@@]21C. The Labute approximate surface area is 181 Å². The van der Waals surface area contributed by atoms with Crippen LogP contribution >= 0.6 is 0 Å². The van der Waals surface area contributed by atoms with Gasteiger partial charge in [0.25, 0.3) is 0 Å². The summed E-state index contributed by atoms with van der Waals surface area (Å²) in [6.45, 7) is 15.4. The Morgan fingerprint density at radius 1 is 0.862 bits per heavy atom. The van der Waals surface area contributed by atoms with Crippen LogP contribution < -0.4 is 0 Å². The molecule has 3 fully saturated rings. The largest absolute Gasteiger partial charge is 0.396 e. The van der Waals surface area contributed by atoms with Crippen LogP contribution in [-0.2, 0) is 0 Å². The lowest BCUT2D eigenvalue weighted by Crippen LogP contribution is -2.51. The van der Waals surface area contributed by atoms with Gasteiger partial charge in [0.2, 0.25) is 0 Å². The molecular formula is C28H48O. The minimum atomic E-state index is 0.424. The Kier molecular flexibility index (Phi) is 6.04. The van der Waals surface area contributed by atoms with Crippen molar-refractivity contribution in [1.82, 2.24) is 0 Å². The summed E-state index contributed by atoms with van der Waals surface area (Å²) in [5, 5.41) is 9.91. The smallest absolute Gasteiger partial charge is 0.0462 e. The predicted octanol–water partition coefficient (Wildman–Crippen LogP) is 7.35. The molecule has 4 rings (SSSR count). The number of aliphatic hydroxyl groups excluding tert-OH is 1. The molecule has 0 amide bonds. The van der Waals surface area contributed by atoms with Crippen LogP contribution in [0.4, 0.5) is 0 Å². The zero-order valence-electron chi connectivity index (χ0n) is 20.2. The molecule has 0 aromatic rings. The second-order valence-electron chi connectivity index (χ2n) is 12.7. The number of allylic oxidation sites excluding steroid dienone is 2. The average Bonchev–Trinajstić information content (AvgIpc) is 3.22. The molecule has 0 aromatic heterocycles. The van der Waals surface area contributed by atoms with Crippen molar-refractivity contribution in [2.24, 2.45) is 64.1 Å².